The third-order valence-corrected chi connectivity index (χ3v) is 1.46. The maximum absolute atomic E-state index is 11.6. The fourth-order valence-electron chi connectivity index (χ4n) is 0.864. The summed E-state index contributed by atoms with van der Waals surface area (Å²) in [7, 11) is 0. The SMILES string of the molecule is CCCC(N)CCC(F)(F)F. The van der Waals surface area contributed by atoms with Crippen LogP contribution in [0.4, 0.5) is 13.2 Å². The predicted octanol–water partition coefficient (Wildman–Crippen LogP) is 2.46. The predicted molar refractivity (Wildman–Crippen MR) is 38.2 cm³/mol. The van der Waals surface area contributed by atoms with Crippen molar-refractivity contribution in [3.63, 3.8) is 0 Å². The van der Waals surface area contributed by atoms with Crippen LogP contribution >= 0.6 is 0 Å². The van der Waals surface area contributed by atoms with Crippen LogP contribution < -0.4 is 5.73 Å². The number of rotatable bonds is 4. The van der Waals surface area contributed by atoms with Crippen LogP contribution in [0.2, 0.25) is 0 Å². The molecule has 0 aromatic heterocycles. The van der Waals surface area contributed by atoms with Gasteiger partial charge in [0.2, 0.25) is 0 Å². The van der Waals surface area contributed by atoms with Crippen LogP contribution in [-0.4, -0.2) is 12.2 Å². The molecule has 1 atom stereocenters. The summed E-state index contributed by atoms with van der Waals surface area (Å²) < 4.78 is 34.8. The summed E-state index contributed by atoms with van der Waals surface area (Å²) >= 11 is 0. The minimum Gasteiger partial charge on any atom is -0.328 e. The summed E-state index contributed by atoms with van der Waals surface area (Å²) in [4.78, 5) is 0. The highest BCUT2D eigenvalue weighted by atomic mass is 19.4. The molecule has 1 nitrogen and oxygen atoms in total. The largest absolute Gasteiger partial charge is 0.389 e. The molecule has 4 heteroatoms. The molecule has 2 N–H and O–H groups in total. The number of alkyl halides is 3. The Hall–Kier alpha value is -0.250. The van der Waals surface area contributed by atoms with Crippen LogP contribution in [0.15, 0.2) is 0 Å². The van der Waals surface area contributed by atoms with Gasteiger partial charge in [0.25, 0.3) is 0 Å². The van der Waals surface area contributed by atoms with Crippen molar-refractivity contribution >= 4 is 0 Å². The molecule has 0 heterocycles. The van der Waals surface area contributed by atoms with Gasteiger partial charge < -0.3 is 5.73 Å². The van der Waals surface area contributed by atoms with E-state index >= 15 is 0 Å². The van der Waals surface area contributed by atoms with E-state index in [-0.39, 0.29) is 12.5 Å². The average Bonchev–Trinajstić information content (AvgIpc) is 1.83. The molecule has 0 aromatic carbocycles. The minimum absolute atomic E-state index is 0.0529. The highest BCUT2D eigenvalue weighted by molar-refractivity contribution is 4.63. The van der Waals surface area contributed by atoms with E-state index in [1.807, 2.05) is 6.92 Å². The summed E-state index contributed by atoms with van der Waals surface area (Å²) in [6.07, 6.45) is -3.23. The second kappa shape index (κ2) is 4.59. The lowest BCUT2D eigenvalue weighted by Crippen LogP contribution is -2.22. The zero-order valence-corrected chi connectivity index (χ0v) is 6.62. The molecule has 0 saturated carbocycles. The molecule has 11 heavy (non-hydrogen) atoms. The van der Waals surface area contributed by atoms with Crippen molar-refractivity contribution in [2.75, 3.05) is 0 Å². The second-order valence-electron chi connectivity index (χ2n) is 2.70. The third kappa shape index (κ3) is 7.65. The van der Waals surface area contributed by atoms with Gasteiger partial charge in [-0.3, -0.25) is 0 Å². The fourth-order valence-corrected chi connectivity index (χ4v) is 0.864. The monoisotopic (exact) mass is 169 g/mol. The van der Waals surface area contributed by atoms with Gasteiger partial charge in [-0.1, -0.05) is 13.3 Å². The van der Waals surface area contributed by atoms with Gasteiger partial charge in [0.05, 0.1) is 0 Å². The minimum atomic E-state index is -4.05. The molecule has 0 fully saturated rings. The van der Waals surface area contributed by atoms with Crippen LogP contribution in [0.25, 0.3) is 0 Å². The van der Waals surface area contributed by atoms with E-state index < -0.39 is 12.6 Å². The first-order valence-electron chi connectivity index (χ1n) is 3.78. The van der Waals surface area contributed by atoms with E-state index in [9.17, 15) is 13.2 Å². The number of halogens is 3. The van der Waals surface area contributed by atoms with Crippen LogP contribution in [-0.2, 0) is 0 Å². The van der Waals surface area contributed by atoms with Crippen molar-refractivity contribution in [1.82, 2.24) is 0 Å². The molecule has 0 aliphatic rings. The molecule has 0 aliphatic heterocycles. The zero-order chi connectivity index (χ0) is 8.91. The second-order valence-corrected chi connectivity index (χ2v) is 2.70. The van der Waals surface area contributed by atoms with Crippen molar-refractivity contribution in [2.24, 2.45) is 5.73 Å². The topological polar surface area (TPSA) is 26.0 Å². The first-order chi connectivity index (χ1) is 4.95. The molecule has 0 amide bonds. The summed E-state index contributed by atoms with van der Waals surface area (Å²) in [5.74, 6) is 0. The number of hydrogen-bond donors (Lipinski definition) is 1. The van der Waals surface area contributed by atoms with Crippen molar-refractivity contribution in [3.05, 3.63) is 0 Å². The quantitative estimate of drug-likeness (QED) is 0.687. The molecule has 0 rings (SSSR count). The van der Waals surface area contributed by atoms with Crippen molar-refractivity contribution in [1.29, 1.82) is 0 Å². The molecule has 0 spiro atoms. The van der Waals surface area contributed by atoms with Crippen molar-refractivity contribution < 1.29 is 13.2 Å². The Morgan fingerprint density at radius 1 is 1.27 bits per heavy atom. The van der Waals surface area contributed by atoms with Gasteiger partial charge in [-0.05, 0) is 12.8 Å². The summed E-state index contributed by atoms with van der Waals surface area (Å²) in [5.41, 5.74) is 5.39. The number of nitrogens with two attached hydrogens (primary N) is 1. The van der Waals surface area contributed by atoms with Gasteiger partial charge in [-0.25, -0.2) is 0 Å². The standard InChI is InChI=1S/C7H14F3N/c1-2-3-6(11)4-5-7(8,9)10/h6H,2-5,11H2,1H3. The lowest BCUT2D eigenvalue weighted by Gasteiger charge is -2.11. The van der Waals surface area contributed by atoms with Crippen LogP contribution in [0, 0.1) is 0 Å². The summed E-state index contributed by atoms with van der Waals surface area (Å²) in [6, 6.07) is -0.290. The normalized spacial score (nSPS) is 15.0. The van der Waals surface area contributed by atoms with Crippen LogP contribution in [0.3, 0.4) is 0 Å². The summed E-state index contributed by atoms with van der Waals surface area (Å²) in [6.45, 7) is 1.91. The highest BCUT2D eigenvalue weighted by Gasteiger charge is 2.27. The van der Waals surface area contributed by atoms with Crippen molar-refractivity contribution in [3.8, 4) is 0 Å². The Morgan fingerprint density at radius 3 is 2.18 bits per heavy atom. The molecular formula is C7H14F3N. The zero-order valence-electron chi connectivity index (χ0n) is 6.62. The Labute approximate surface area is 64.8 Å². The van der Waals surface area contributed by atoms with E-state index in [2.05, 4.69) is 0 Å². The van der Waals surface area contributed by atoms with E-state index in [1.54, 1.807) is 0 Å². The smallest absolute Gasteiger partial charge is 0.328 e. The third-order valence-electron chi connectivity index (χ3n) is 1.46. The lowest BCUT2D eigenvalue weighted by molar-refractivity contribution is -0.136. The molecule has 68 valence electrons. The van der Waals surface area contributed by atoms with E-state index in [0.717, 1.165) is 6.42 Å². The Kier molecular flexibility index (Phi) is 4.49. The lowest BCUT2D eigenvalue weighted by atomic mass is 10.1. The molecule has 0 aliphatic carbocycles. The van der Waals surface area contributed by atoms with Crippen molar-refractivity contribution in [2.45, 2.75) is 44.8 Å². The molecule has 0 radical (unpaired) electrons. The molecular weight excluding hydrogens is 155 g/mol. The molecule has 0 aromatic rings. The highest BCUT2D eigenvalue weighted by Crippen LogP contribution is 2.22. The molecule has 0 saturated heterocycles. The van der Waals surface area contributed by atoms with Gasteiger partial charge in [-0.15, -0.1) is 0 Å². The van der Waals surface area contributed by atoms with E-state index in [4.69, 9.17) is 5.73 Å². The molecule has 1 unspecified atom stereocenters. The summed E-state index contributed by atoms with van der Waals surface area (Å²) in [5, 5.41) is 0. The maximum atomic E-state index is 11.6. The Balaban J connectivity index is 3.38. The first-order valence-corrected chi connectivity index (χ1v) is 3.78. The van der Waals surface area contributed by atoms with Gasteiger partial charge in [0.15, 0.2) is 0 Å². The van der Waals surface area contributed by atoms with Gasteiger partial charge in [-0.2, -0.15) is 13.2 Å². The van der Waals surface area contributed by atoms with E-state index in [1.165, 1.54) is 0 Å². The fraction of sp³-hybridized carbons (Fsp3) is 1.00. The average molecular weight is 169 g/mol. The van der Waals surface area contributed by atoms with Crippen LogP contribution in [0.5, 0.6) is 0 Å². The van der Waals surface area contributed by atoms with Gasteiger partial charge >= 0.3 is 6.18 Å². The van der Waals surface area contributed by atoms with E-state index in [0.29, 0.717) is 6.42 Å². The molecule has 0 bridgehead atoms. The number of hydrogen-bond acceptors (Lipinski definition) is 1. The van der Waals surface area contributed by atoms with Gasteiger partial charge in [0.1, 0.15) is 0 Å². The van der Waals surface area contributed by atoms with Gasteiger partial charge in [0, 0.05) is 12.5 Å². The van der Waals surface area contributed by atoms with Crippen LogP contribution in [0.1, 0.15) is 32.6 Å². The Bertz CT molecular complexity index is 100. The first kappa shape index (κ1) is 10.8. The maximum Gasteiger partial charge on any atom is 0.389 e. The Morgan fingerprint density at radius 2 is 1.82 bits per heavy atom.